The molecule has 1 aromatic carbocycles. The van der Waals surface area contributed by atoms with E-state index in [0.29, 0.717) is 11.4 Å². The van der Waals surface area contributed by atoms with Gasteiger partial charge >= 0.3 is 0 Å². The first-order chi connectivity index (χ1) is 8.16. The number of hydrogen-bond donors (Lipinski definition) is 1. The Hall–Kier alpha value is -0.800. The second-order valence-electron chi connectivity index (χ2n) is 4.07. The van der Waals surface area contributed by atoms with Gasteiger partial charge in [0.25, 0.3) is 0 Å². The number of allylic oxidation sites excluding steroid dienone is 1. The minimum Gasteiger partial charge on any atom is -0.360 e. The summed E-state index contributed by atoms with van der Waals surface area (Å²) in [7, 11) is 0. The summed E-state index contributed by atoms with van der Waals surface area (Å²) in [5.74, 6) is 0.247. The fourth-order valence-electron chi connectivity index (χ4n) is 1.83. The molecule has 17 heavy (non-hydrogen) atoms. The Morgan fingerprint density at radius 3 is 2.76 bits per heavy atom. The Kier molecular flexibility index (Phi) is 4.24. The van der Waals surface area contributed by atoms with Gasteiger partial charge in [-0.1, -0.05) is 27.5 Å². The maximum absolute atomic E-state index is 11.6. The van der Waals surface area contributed by atoms with Gasteiger partial charge in [-0.15, -0.1) is 0 Å². The molecule has 0 heterocycles. The fourth-order valence-corrected chi connectivity index (χ4v) is 2.55. The number of halogens is 2. The predicted molar refractivity (Wildman–Crippen MR) is 74.3 cm³/mol. The molecule has 1 N–H and O–H groups in total. The van der Waals surface area contributed by atoms with Crippen molar-refractivity contribution in [1.82, 2.24) is 0 Å². The molecule has 1 fully saturated rings. The molecule has 0 spiro atoms. The first-order valence-corrected chi connectivity index (χ1v) is 6.78. The van der Waals surface area contributed by atoms with Gasteiger partial charge in [0.2, 0.25) is 0 Å². The average Bonchev–Trinajstić information content (AvgIpc) is 2.30. The number of carbonyl (C=O) groups is 1. The topological polar surface area (TPSA) is 29.1 Å². The van der Waals surface area contributed by atoms with Crippen molar-refractivity contribution in [3.8, 4) is 0 Å². The lowest BCUT2D eigenvalue weighted by Gasteiger charge is -2.13. The lowest BCUT2D eigenvalue weighted by atomic mass is 9.94. The highest BCUT2D eigenvalue weighted by atomic mass is 79.9. The summed E-state index contributed by atoms with van der Waals surface area (Å²) in [6, 6.07) is 5.62. The summed E-state index contributed by atoms with van der Waals surface area (Å²) < 4.78 is 0.939. The molecule has 0 aliphatic heterocycles. The van der Waals surface area contributed by atoms with Crippen molar-refractivity contribution in [3.05, 3.63) is 39.5 Å². The molecule has 2 nitrogen and oxygen atoms in total. The van der Waals surface area contributed by atoms with E-state index < -0.39 is 0 Å². The predicted octanol–water partition coefficient (Wildman–Crippen LogP) is 4.54. The summed E-state index contributed by atoms with van der Waals surface area (Å²) in [6.45, 7) is 0. The number of anilines is 1. The van der Waals surface area contributed by atoms with Crippen molar-refractivity contribution < 1.29 is 4.79 Å². The van der Waals surface area contributed by atoms with Gasteiger partial charge in [0.1, 0.15) is 0 Å². The Labute approximate surface area is 114 Å². The van der Waals surface area contributed by atoms with Crippen LogP contribution in [0.2, 0.25) is 5.02 Å². The Morgan fingerprint density at radius 2 is 2.06 bits per heavy atom. The van der Waals surface area contributed by atoms with E-state index in [1.807, 2.05) is 18.2 Å². The Bertz CT molecular complexity index is 470. The molecular weight excluding hydrogens is 302 g/mol. The van der Waals surface area contributed by atoms with Crippen LogP contribution in [0.4, 0.5) is 5.69 Å². The van der Waals surface area contributed by atoms with Crippen LogP contribution in [-0.4, -0.2) is 5.78 Å². The summed E-state index contributed by atoms with van der Waals surface area (Å²) >= 11 is 9.43. The Balaban J connectivity index is 2.10. The van der Waals surface area contributed by atoms with Crippen LogP contribution in [0.1, 0.15) is 25.7 Å². The van der Waals surface area contributed by atoms with Crippen molar-refractivity contribution in [2.75, 3.05) is 5.32 Å². The smallest absolute Gasteiger partial charge is 0.160 e. The third-order valence-electron chi connectivity index (χ3n) is 2.79. The van der Waals surface area contributed by atoms with E-state index in [9.17, 15) is 4.79 Å². The molecule has 4 heteroatoms. The molecule has 90 valence electrons. The lowest BCUT2D eigenvalue weighted by molar-refractivity contribution is -0.116. The number of hydrogen-bond acceptors (Lipinski definition) is 2. The number of nitrogens with one attached hydrogen (secondary N) is 1. The molecule has 2 rings (SSSR count). The Morgan fingerprint density at radius 1 is 1.29 bits per heavy atom. The van der Waals surface area contributed by atoms with Crippen LogP contribution in [0.5, 0.6) is 0 Å². The average molecular weight is 315 g/mol. The molecule has 0 radical (unpaired) electrons. The van der Waals surface area contributed by atoms with Crippen molar-refractivity contribution in [2.45, 2.75) is 25.7 Å². The second-order valence-corrected chi connectivity index (χ2v) is 5.39. The number of ketones is 1. The van der Waals surface area contributed by atoms with Crippen molar-refractivity contribution in [3.63, 3.8) is 0 Å². The van der Waals surface area contributed by atoms with Crippen LogP contribution in [0, 0.1) is 0 Å². The van der Waals surface area contributed by atoms with Crippen molar-refractivity contribution in [1.29, 1.82) is 0 Å². The maximum atomic E-state index is 11.6. The third kappa shape index (κ3) is 3.33. The van der Waals surface area contributed by atoms with E-state index in [1.54, 1.807) is 6.20 Å². The molecule has 0 amide bonds. The molecule has 0 aromatic heterocycles. The minimum atomic E-state index is 0.247. The maximum Gasteiger partial charge on any atom is 0.160 e. The lowest BCUT2D eigenvalue weighted by Crippen LogP contribution is -2.09. The number of Topliss-reactive ketones (excluding diaryl/α,β-unsaturated/α-hetero) is 1. The van der Waals surface area contributed by atoms with E-state index >= 15 is 0 Å². The van der Waals surface area contributed by atoms with Gasteiger partial charge in [0.05, 0.1) is 10.7 Å². The van der Waals surface area contributed by atoms with Crippen LogP contribution < -0.4 is 5.32 Å². The zero-order valence-electron chi connectivity index (χ0n) is 9.30. The van der Waals surface area contributed by atoms with Gasteiger partial charge in [-0.2, -0.15) is 0 Å². The zero-order chi connectivity index (χ0) is 12.3. The van der Waals surface area contributed by atoms with Gasteiger partial charge in [-0.3, -0.25) is 4.79 Å². The van der Waals surface area contributed by atoms with Gasteiger partial charge in [-0.05, 0) is 37.5 Å². The fraction of sp³-hybridized carbons (Fsp3) is 0.308. The van der Waals surface area contributed by atoms with Crippen LogP contribution in [0.15, 0.2) is 34.4 Å². The normalized spacial score (nSPS) is 18.5. The number of carbonyl (C=O) groups excluding carboxylic acids is 1. The van der Waals surface area contributed by atoms with Crippen LogP contribution in [-0.2, 0) is 4.79 Å². The first kappa shape index (κ1) is 12.7. The quantitative estimate of drug-likeness (QED) is 0.812. The van der Waals surface area contributed by atoms with E-state index in [2.05, 4.69) is 21.2 Å². The number of benzene rings is 1. The van der Waals surface area contributed by atoms with Crippen molar-refractivity contribution >= 4 is 39.0 Å². The SMILES string of the molecule is O=C1CCCCC1=CNc1ccc(Br)cc1Cl. The van der Waals surface area contributed by atoms with Crippen molar-refractivity contribution in [2.24, 2.45) is 0 Å². The second kappa shape index (κ2) is 5.69. The van der Waals surface area contributed by atoms with Crippen LogP contribution in [0.3, 0.4) is 0 Å². The highest BCUT2D eigenvalue weighted by Crippen LogP contribution is 2.26. The molecule has 0 unspecified atom stereocenters. The standard InChI is InChI=1S/C13H13BrClNO/c14-10-5-6-12(11(15)7-10)16-8-9-3-1-2-4-13(9)17/h5-8,16H,1-4H2. The molecule has 1 aliphatic rings. The highest BCUT2D eigenvalue weighted by molar-refractivity contribution is 9.10. The molecule has 0 bridgehead atoms. The van der Waals surface area contributed by atoms with E-state index in [0.717, 1.165) is 35.0 Å². The van der Waals surface area contributed by atoms with Gasteiger partial charge in [0.15, 0.2) is 5.78 Å². The van der Waals surface area contributed by atoms with E-state index in [1.165, 1.54) is 0 Å². The molecule has 1 aromatic rings. The van der Waals surface area contributed by atoms with Gasteiger partial charge < -0.3 is 5.32 Å². The molecule has 0 atom stereocenters. The minimum absolute atomic E-state index is 0.247. The highest BCUT2D eigenvalue weighted by Gasteiger charge is 2.14. The summed E-state index contributed by atoms with van der Waals surface area (Å²) in [6.07, 6.45) is 5.42. The molecular formula is C13H13BrClNO. The summed E-state index contributed by atoms with van der Waals surface area (Å²) in [5, 5.41) is 3.74. The van der Waals surface area contributed by atoms with Gasteiger partial charge in [0, 0.05) is 22.7 Å². The zero-order valence-corrected chi connectivity index (χ0v) is 11.6. The van der Waals surface area contributed by atoms with E-state index in [-0.39, 0.29) is 5.78 Å². The monoisotopic (exact) mass is 313 g/mol. The molecule has 1 aliphatic carbocycles. The van der Waals surface area contributed by atoms with Crippen LogP contribution in [0.25, 0.3) is 0 Å². The van der Waals surface area contributed by atoms with Gasteiger partial charge in [-0.25, -0.2) is 0 Å². The number of rotatable bonds is 2. The largest absolute Gasteiger partial charge is 0.360 e. The first-order valence-electron chi connectivity index (χ1n) is 5.60. The third-order valence-corrected chi connectivity index (χ3v) is 3.60. The molecule has 0 saturated heterocycles. The summed E-state index contributed by atoms with van der Waals surface area (Å²) in [4.78, 5) is 11.6. The summed E-state index contributed by atoms with van der Waals surface area (Å²) in [5.41, 5.74) is 1.69. The molecule has 1 saturated carbocycles. The van der Waals surface area contributed by atoms with Crippen LogP contribution >= 0.6 is 27.5 Å². The van der Waals surface area contributed by atoms with E-state index in [4.69, 9.17) is 11.6 Å².